The van der Waals surface area contributed by atoms with E-state index in [0.29, 0.717) is 6.54 Å². The van der Waals surface area contributed by atoms with Crippen LogP contribution in [-0.2, 0) is 10.2 Å². The molecule has 1 aromatic rings. The zero-order chi connectivity index (χ0) is 17.2. The Hall–Kier alpha value is -1.71. The summed E-state index contributed by atoms with van der Waals surface area (Å²) in [6.45, 7) is 1.51. The molecule has 1 N–H and O–H groups in total. The molecule has 1 fully saturated rings. The van der Waals surface area contributed by atoms with E-state index in [1.165, 1.54) is 28.3 Å². The second-order valence-corrected chi connectivity index (χ2v) is 7.72. The van der Waals surface area contributed by atoms with Gasteiger partial charge >= 0.3 is 16.2 Å². The van der Waals surface area contributed by atoms with Crippen LogP contribution in [0, 0.1) is 0 Å². The minimum absolute atomic E-state index is 0.119. The summed E-state index contributed by atoms with van der Waals surface area (Å²) >= 11 is 0. The Morgan fingerprint density at radius 3 is 2.39 bits per heavy atom. The number of hydrogen-bond acceptors (Lipinski definition) is 5. The molecule has 128 valence electrons. The summed E-state index contributed by atoms with van der Waals surface area (Å²) in [7, 11) is 3.35. The standard InChI is InChI=1S/C14H23N5O3S/c1-16(2)12-6-9-19(10-7-12)14(20)15-23(21,22)18(4)13-5-8-17(3)11-13/h6-7,9-10,13H,5,8,11H2,1-4H3/p+1. The van der Waals surface area contributed by atoms with Crippen LogP contribution < -0.4 is 14.2 Å². The molecular weight excluding hydrogens is 318 g/mol. The van der Waals surface area contributed by atoms with Gasteiger partial charge in [-0.1, -0.05) is 0 Å². The zero-order valence-corrected chi connectivity index (χ0v) is 14.7. The SMILES string of the molecule is CN1CCC(N(C)S(=O)(=O)NC(=O)[n+]2ccc(N(C)C)cc2)C1. The maximum absolute atomic E-state index is 12.3. The highest BCUT2D eigenvalue weighted by Gasteiger charge is 2.35. The van der Waals surface area contributed by atoms with Crippen molar-refractivity contribution in [2.75, 3.05) is 46.2 Å². The summed E-state index contributed by atoms with van der Waals surface area (Å²) in [5, 5.41) is 0. The highest BCUT2D eigenvalue weighted by molar-refractivity contribution is 7.87. The lowest BCUT2D eigenvalue weighted by molar-refractivity contribution is -0.570. The number of hydrogen-bond donors (Lipinski definition) is 1. The van der Waals surface area contributed by atoms with Crippen molar-refractivity contribution in [2.24, 2.45) is 0 Å². The first-order chi connectivity index (χ1) is 10.7. The molecule has 23 heavy (non-hydrogen) atoms. The molecule has 1 atom stereocenters. The molecule has 2 rings (SSSR count). The first kappa shape index (κ1) is 17.6. The van der Waals surface area contributed by atoms with Crippen molar-refractivity contribution >= 4 is 21.9 Å². The summed E-state index contributed by atoms with van der Waals surface area (Å²) in [5.41, 5.74) is 0.919. The van der Waals surface area contributed by atoms with E-state index >= 15 is 0 Å². The number of rotatable bonds is 4. The number of likely N-dealkylation sites (tertiary alicyclic amines) is 1. The van der Waals surface area contributed by atoms with Gasteiger partial charge in [0.25, 0.3) is 0 Å². The van der Waals surface area contributed by atoms with Crippen LogP contribution in [0.1, 0.15) is 6.42 Å². The minimum atomic E-state index is -3.87. The summed E-state index contributed by atoms with van der Waals surface area (Å²) in [6.07, 6.45) is 3.82. The second-order valence-electron chi connectivity index (χ2n) is 5.99. The predicted molar refractivity (Wildman–Crippen MR) is 87.5 cm³/mol. The number of pyridine rings is 1. The van der Waals surface area contributed by atoms with E-state index in [4.69, 9.17) is 0 Å². The molecule has 1 aliphatic rings. The van der Waals surface area contributed by atoms with Gasteiger partial charge in [-0.3, -0.25) is 0 Å². The van der Waals surface area contributed by atoms with Gasteiger partial charge in [-0.15, -0.1) is 4.72 Å². The maximum Gasteiger partial charge on any atom is 0.512 e. The molecule has 1 unspecified atom stereocenters. The molecule has 0 aliphatic carbocycles. The molecule has 0 radical (unpaired) electrons. The number of nitrogens with zero attached hydrogens (tertiary/aromatic N) is 4. The molecule has 1 saturated heterocycles. The van der Waals surface area contributed by atoms with Gasteiger partial charge in [-0.25, -0.2) is 0 Å². The number of likely N-dealkylation sites (N-methyl/N-ethyl adjacent to an activating group) is 2. The van der Waals surface area contributed by atoms with Crippen molar-refractivity contribution in [3.63, 3.8) is 0 Å². The van der Waals surface area contributed by atoms with Gasteiger partial charge in [-0.2, -0.15) is 22.1 Å². The van der Waals surface area contributed by atoms with Gasteiger partial charge in [-0.05, 0) is 20.0 Å². The van der Waals surface area contributed by atoms with Gasteiger partial charge in [0.15, 0.2) is 0 Å². The molecule has 1 amide bonds. The fourth-order valence-electron chi connectivity index (χ4n) is 2.49. The fourth-order valence-corrected chi connectivity index (χ4v) is 3.53. The van der Waals surface area contributed by atoms with E-state index in [1.54, 1.807) is 12.1 Å². The van der Waals surface area contributed by atoms with E-state index in [-0.39, 0.29) is 6.04 Å². The highest BCUT2D eigenvalue weighted by Crippen LogP contribution is 2.14. The Morgan fingerprint density at radius 1 is 1.30 bits per heavy atom. The van der Waals surface area contributed by atoms with Crippen LogP contribution in [0.2, 0.25) is 0 Å². The van der Waals surface area contributed by atoms with Gasteiger partial charge in [0.2, 0.25) is 0 Å². The van der Waals surface area contributed by atoms with Gasteiger partial charge in [0, 0.05) is 51.5 Å². The molecule has 0 aromatic carbocycles. The number of carbonyl (C=O) groups excluding carboxylic acids is 1. The molecular formula is C14H24N5O3S+. The number of amides is 1. The molecule has 0 bridgehead atoms. The van der Waals surface area contributed by atoms with Crippen LogP contribution in [0.25, 0.3) is 0 Å². The van der Waals surface area contributed by atoms with E-state index in [1.807, 2.05) is 26.0 Å². The van der Waals surface area contributed by atoms with E-state index in [9.17, 15) is 13.2 Å². The Balaban J connectivity index is 2.05. The molecule has 1 aromatic heterocycles. The highest BCUT2D eigenvalue weighted by atomic mass is 32.2. The largest absolute Gasteiger partial charge is 0.512 e. The van der Waals surface area contributed by atoms with E-state index < -0.39 is 16.2 Å². The van der Waals surface area contributed by atoms with Crippen LogP contribution in [0.15, 0.2) is 24.5 Å². The lowest BCUT2D eigenvalue weighted by Crippen LogP contribution is -2.56. The first-order valence-electron chi connectivity index (χ1n) is 7.38. The third-order valence-electron chi connectivity index (χ3n) is 4.04. The van der Waals surface area contributed by atoms with Gasteiger partial charge < -0.3 is 9.80 Å². The predicted octanol–water partition coefficient (Wildman–Crippen LogP) is -0.521. The molecule has 9 heteroatoms. The van der Waals surface area contributed by atoms with Crippen LogP contribution in [0.4, 0.5) is 10.5 Å². The third-order valence-corrected chi connectivity index (χ3v) is 5.53. The topological polar surface area (TPSA) is 76.8 Å². The Kier molecular flexibility index (Phi) is 5.23. The lowest BCUT2D eigenvalue weighted by Gasteiger charge is -2.20. The van der Waals surface area contributed by atoms with Gasteiger partial charge in [0.05, 0.1) is 0 Å². The smallest absolute Gasteiger partial charge is 0.377 e. The minimum Gasteiger partial charge on any atom is -0.377 e. The maximum atomic E-state index is 12.3. The molecule has 1 aliphatic heterocycles. The normalized spacial score (nSPS) is 19.1. The van der Waals surface area contributed by atoms with E-state index in [0.717, 1.165) is 18.7 Å². The zero-order valence-electron chi connectivity index (χ0n) is 13.9. The first-order valence-corrected chi connectivity index (χ1v) is 8.82. The number of aromatic nitrogens is 1. The van der Waals surface area contributed by atoms with Crippen LogP contribution in [-0.4, -0.2) is 71.0 Å². The molecule has 0 saturated carbocycles. The summed E-state index contributed by atoms with van der Waals surface area (Å²) < 4.78 is 29.2. The lowest BCUT2D eigenvalue weighted by atomic mass is 10.3. The van der Waals surface area contributed by atoms with Crippen molar-refractivity contribution < 1.29 is 17.8 Å². The van der Waals surface area contributed by atoms with Crippen LogP contribution in [0.5, 0.6) is 0 Å². The summed E-state index contributed by atoms with van der Waals surface area (Å²) in [5.74, 6) is 0. The Morgan fingerprint density at radius 2 is 1.91 bits per heavy atom. The second kappa shape index (κ2) is 6.81. The van der Waals surface area contributed by atoms with Gasteiger partial charge in [0.1, 0.15) is 12.4 Å². The third kappa shape index (κ3) is 4.18. The Bertz CT molecular complexity index is 659. The number of nitrogens with one attached hydrogen (secondary N) is 1. The van der Waals surface area contributed by atoms with Crippen LogP contribution in [0.3, 0.4) is 0 Å². The summed E-state index contributed by atoms with van der Waals surface area (Å²) in [4.78, 5) is 16.1. The summed E-state index contributed by atoms with van der Waals surface area (Å²) in [6, 6.07) is 2.66. The monoisotopic (exact) mass is 342 g/mol. The average molecular weight is 342 g/mol. The number of anilines is 1. The Labute approximate surface area is 137 Å². The fraction of sp³-hybridized carbons (Fsp3) is 0.571. The van der Waals surface area contributed by atoms with Crippen molar-refractivity contribution in [1.82, 2.24) is 13.9 Å². The quantitative estimate of drug-likeness (QED) is 0.745. The average Bonchev–Trinajstić information content (AvgIpc) is 2.92. The molecule has 0 spiro atoms. The van der Waals surface area contributed by atoms with Crippen LogP contribution >= 0.6 is 0 Å². The number of carbonyl (C=O) groups is 1. The van der Waals surface area contributed by atoms with E-state index in [2.05, 4.69) is 9.62 Å². The van der Waals surface area contributed by atoms with Crippen molar-refractivity contribution in [3.05, 3.63) is 24.5 Å². The van der Waals surface area contributed by atoms with Crippen molar-refractivity contribution in [2.45, 2.75) is 12.5 Å². The molecule has 8 nitrogen and oxygen atoms in total. The molecule has 2 heterocycles. The van der Waals surface area contributed by atoms with Crippen molar-refractivity contribution in [1.29, 1.82) is 0 Å². The van der Waals surface area contributed by atoms with Crippen molar-refractivity contribution in [3.8, 4) is 0 Å².